The highest BCUT2D eigenvalue weighted by Gasteiger charge is 1.98. The van der Waals surface area contributed by atoms with E-state index in [1.54, 1.807) is 6.08 Å². The van der Waals surface area contributed by atoms with Gasteiger partial charge in [0.1, 0.15) is 6.61 Å². The summed E-state index contributed by atoms with van der Waals surface area (Å²) in [5.41, 5.74) is 0.968. The summed E-state index contributed by atoms with van der Waals surface area (Å²) in [4.78, 5) is 11.2. The van der Waals surface area contributed by atoms with Gasteiger partial charge in [-0.05, 0) is 18.6 Å². The second kappa shape index (κ2) is 7.29. The Hall–Kier alpha value is -2.03. The minimum Gasteiger partial charge on any atom is -0.444 e. The lowest BCUT2D eigenvalue weighted by atomic mass is 10.2. The number of amides is 1. The van der Waals surface area contributed by atoms with Gasteiger partial charge in [0.15, 0.2) is 0 Å². The molecule has 0 atom stereocenters. The van der Waals surface area contributed by atoms with Crippen LogP contribution >= 0.6 is 0 Å². The molecule has 0 unspecified atom stereocenters. The molecule has 0 aliphatic carbocycles. The highest BCUT2D eigenvalue weighted by atomic mass is 16.5. The van der Waals surface area contributed by atoms with Crippen LogP contribution in [0.15, 0.2) is 54.8 Å². The molecule has 0 bridgehead atoms. The molecule has 0 spiro atoms. The molecule has 1 amide bonds. The zero-order valence-corrected chi connectivity index (χ0v) is 9.22. The van der Waals surface area contributed by atoms with Crippen LogP contribution in [-0.4, -0.2) is 6.09 Å². The van der Waals surface area contributed by atoms with E-state index in [9.17, 15) is 4.79 Å². The standard InChI is InChI=1S/C13H15NO2/c1-2-3-7-10-14-13(15)16-11-12-8-5-4-6-9-12/h2-10H,11H2,1H3,(H,14,15)/b3-2+,10-7+. The Balaban J connectivity index is 2.25. The van der Waals surface area contributed by atoms with Gasteiger partial charge in [0.2, 0.25) is 0 Å². The Bertz CT molecular complexity index is 369. The molecule has 0 heterocycles. The fourth-order valence-corrected chi connectivity index (χ4v) is 1.05. The van der Waals surface area contributed by atoms with Crippen LogP contribution in [0.4, 0.5) is 4.79 Å². The number of allylic oxidation sites excluding steroid dienone is 3. The second-order valence-electron chi connectivity index (χ2n) is 3.09. The number of hydrogen-bond donors (Lipinski definition) is 1. The minimum atomic E-state index is -0.454. The molecule has 1 aromatic rings. The fraction of sp³-hybridized carbons (Fsp3) is 0.154. The molecule has 1 rings (SSSR count). The molecule has 16 heavy (non-hydrogen) atoms. The fourth-order valence-electron chi connectivity index (χ4n) is 1.05. The molecule has 0 aromatic heterocycles. The van der Waals surface area contributed by atoms with Gasteiger partial charge in [0.25, 0.3) is 0 Å². The summed E-state index contributed by atoms with van der Waals surface area (Å²) in [5, 5.41) is 2.49. The monoisotopic (exact) mass is 217 g/mol. The Morgan fingerprint density at radius 2 is 2.06 bits per heavy atom. The van der Waals surface area contributed by atoms with E-state index in [1.165, 1.54) is 6.20 Å². The SMILES string of the molecule is C/C=C/C=C/NC(=O)OCc1ccccc1. The van der Waals surface area contributed by atoms with Gasteiger partial charge < -0.3 is 4.74 Å². The highest BCUT2D eigenvalue weighted by molar-refractivity contribution is 5.68. The summed E-state index contributed by atoms with van der Waals surface area (Å²) < 4.78 is 4.98. The first kappa shape index (κ1) is 12.0. The van der Waals surface area contributed by atoms with Crippen LogP contribution in [0, 0.1) is 0 Å². The van der Waals surface area contributed by atoms with Crippen LogP contribution in [0.2, 0.25) is 0 Å². The van der Waals surface area contributed by atoms with Crippen molar-refractivity contribution in [2.24, 2.45) is 0 Å². The number of hydrogen-bond acceptors (Lipinski definition) is 2. The average Bonchev–Trinajstić information content (AvgIpc) is 2.33. The number of carbonyl (C=O) groups excluding carboxylic acids is 1. The van der Waals surface area contributed by atoms with E-state index in [4.69, 9.17) is 4.74 Å². The molecule has 3 heteroatoms. The number of ether oxygens (including phenoxy) is 1. The highest BCUT2D eigenvalue weighted by Crippen LogP contribution is 2.00. The zero-order chi connectivity index (χ0) is 11.6. The lowest BCUT2D eigenvalue weighted by Crippen LogP contribution is -2.18. The third kappa shape index (κ3) is 5.00. The predicted molar refractivity (Wildman–Crippen MR) is 63.7 cm³/mol. The summed E-state index contributed by atoms with van der Waals surface area (Å²) in [6.07, 6.45) is 6.49. The number of benzene rings is 1. The lowest BCUT2D eigenvalue weighted by Gasteiger charge is -2.03. The molecule has 0 saturated carbocycles. The molecule has 0 aliphatic rings. The Morgan fingerprint density at radius 1 is 1.31 bits per heavy atom. The number of rotatable bonds is 4. The van der Waals surface area contributed by atoms with E-state index in [1.807, 2.05) is 49.4 Å². The van der Waals surface area contributed by atoms with E-state index >= 15 is 0 Å². The van der Waals surface area contributed by atoms with Crippen molar-refractivity contribution in [3.8, 4) is 0 Å². The summed E-state index contributed by atoms with van der Waals surface area (Å²) in [6, 6.07) is 9.54. The van der Waals surface area contributed by atoms with Crippen molar-refractivity contribution < 1.29 is 9.53 Å². The van der Waals surface area contributed by atoms with Crippen LogP contribution in [0.1, 0.15) is 12.5 Å². The third-order valence-electron chi connectivity index (χ3n) is 1.81. The lowest BCUT2D eigenvalue weighted by molar-refractivity contribution is 0.143. The molecule has 1 N–H and O–H groups in total. The third-order valence-corrected chi connectivity index (χ3v) is 1.81. The van der Waals surface area contributed by atoms with Crippen LogP contribution in [0.3, 0.4) is 0 Å². The van der Waals surface area contributed by atoms with Crippen molar-refractivity contribution >= 4 is 6.09 Å². The quantitative estimate of drug-likeness (QED) is 0.787. The van der Waals surface area contributed by atoms with Crippen molar-refractivity contribution in [3.05, 3.63) is 60.3 Å². The second-order valence-corrected chi connectivity index (χ2v) is 3.09. The first-order valence-corrected chi connectivity index (χ1v) is 5.08. The average molecular weight is 217 g/mol. The number of alkyl carbamates (subject to hydrolysis) is 1. The van der Waals surface area contributed by atoms with Gasteiger partial charge in [0, 0.05) is 6.20 Å². The van der Waals surface area contributed by atoms with E-state index in [-0.39, 0.29) is 6.61 Å². The maximum absolute atomic E-state index is 11.2. The molecular weight excluding hydrogens is 202 g/mol. The van der Waals surface area contributed by atoms with Gasteiger partial charge >= 0.3 is 6.09 Å². The van der Waals surface area contributed by atoms with Gasteiger partial charge in [-0.25, -0.2) is 4.79 Å². The summed E-state index contributed by atoms with van der Waals surface area (Å²) in [5.74, 6) is 0. The summed E-state index contributed by atoms with van der Waals surface area (Å²) in [7, 11) is 0. The van der Waals surface area contributed by atoms with E-state index in [2.05, 4.69) is 5.32 Å². The predicted octanol–water partition coefficient (Wildman–Crippen LogP) is 3.00. The molecule has 0 radical (unpaired) electrons. The van der Waals surface area contributed by atoms with Crippen LogP contribution in [0.5, 0.6) is 0 Å². The topological polar surface area (TPSA) is 38.3 Å². The summed E-state index contributed by atoms with van der Waals surface area (Å²) in [6.45, 7) is 2.18. The first-order chi connectivity index (χ1) is 7.83. The molecule has 1 aromatic carbocycles. The van der Waals surface area contributed by atoms with Crippen LogP contribution < -0.4 is 5.32 Å². The van der Waals surface area contributed by atoms with E-state index in [0.717, 1.165) is 5.56 Å². The van der Waals surface area contributed by atoms with Gasteiger partial charge in [0.05, 0.1) is 0 Å². The van der Waals surface area contributed by atoms with Gasteiger partial charge in [-0.2, -0.15) is 0 Å². The minimum absolute atomic E-state index is 0.282. The molecule has 84 valence electrons. The van der Waals surface area contributed by atoms with E-state index in [0.29, 0.717) is 0 Å². The van der Waals surface area contributed by atoms with Crippen LogP contribution in [0.25, 0.3) is 0 Å². The van der Waals surface area contributed by atoms with Gasteiger partial charge in [-0.15, -0.1) is 0 Å². The first-order valence-electron chi connectivity index (χ1n) is 5.08. The largest absolute Gasteiger partial charge is 0.444 e. The van der Waals surface area contributed by atoms with Crippen LogP contribution in [-0.2, 0) is 11.3 Å². The zero-order valence-electron chi connectivity index (χ0n) is 9.22. The number of nitrogens with one attached hydrogen (secondary N) is 1. The van der Waals surface area contributed by atoms with Crippen molar-refractivity contribution in [3.63, 3.8) is 0 Å². The molecule has 0 aliphatic heterocycles. The molecule has 0 saturated heterocycles. The van der Waals surface area contributed by atoms with Gasteiger partial charge in [-0.1, -0.05) is 42.5 Å². The summed E-state index contributed by atoms with van der Waals surface area (Å²) >= 11 is 0. The molecular formula is C13H15NO2. The van der Waals surface area contributed by atoms with Crippen molar-refractivity contribution in [2.75, 3.05) is 0 Å². The number of carbonyl (C=O) groups is 1. The van der Waals surface area contributed by atoms with E-state index < -0.39 is 6.09 Å². The molecule has 3 nitrogen and oxygen atoms in total. The smallest absolute Gasteiger partial charge is 0.411 e. The van der Waals surface area contributed by atoms with Gasteiger partial charge in [-0.3, -0.25) is 5.32 Å². The van der Waals surface area contributed by atoms with Crippen molar-refractivity contribution in [1.82, 2.24) is 5.32 Å². The van der Waals surface area contributed by atoms with Crippen molar-refractivity contribution in [2.45, 2.75) is 13.5 Å². The Morgan fingerprint density at radius 3 is 2.75 bits per heavy atom. The normalized spacial score (nSPS) is 10.8. The Labute approximate surface area is 95.4 Å². The Kier molecular flexibility index (Phi) is 5.48. The maximum atomic E-state index is 11.2. The maximum Gasteiger partial charge on any atom is 0.411 e. The van der Waals surface area contributed by atoms with Crippen molar-refractivity contribution in [1.29, 1.82) is 0 Å². The molecule has 0 fully saturated rings.